The summed E-state index contributed by atoms with van der Waals surface area (Å²) in [5.74, 6) is -0.208. The van der Waals surface area contributed by atoms with E-state index in [1.54, 1.807) is 0 Å². The number of likely N-dealkylation sites (tertiary alicyclic amines) is 1. The average Bonchev–Trinajstić information content (AvgIpc) is 2.73. The Balaban J connectivity index is 0.00000162. The minimum absolute atomic E-state index is 0. The second kappa shape index (κ2) is 8.72. The normalized spacial score (nSPS) is 20.5. The molecule has 0 amide bonds. The van der Waals surface area contributed by atoms with Gasteiger partial charge in [0.05, 0.1) is 6.10 Å². The molecule has 0 bridgehead atoms. The molecule has 0 aliphatic carbocycles. The second-order valence-corrected chi connectivity index (χ2v) is 4.59. The smallest absolute Gasteiger partial charge is 0.123 e. The van der Waals surface area contributed by atoms with Crippen molar-refractivity contribution in [2.24, 2.45) is 0 Å². The van der Waals surface area contributed by atoms with Gasteiger partial charge in [-0.3, -0.25) is 4.90 Å². The average molecular weight is 311 g/mol. The molecule has 2 rings (SSSR count). The van der Waals surface area contributed by atoms with Crippen LogP contribution in [0.2, 0.25) is 0 Å². The van der Waals surface area contributed by atoms with E-state index in [1.807, 2.05) is 19.2 Å². The lowest BCUT2D eigenvalue weighted by molar-refractivity contribution is 0.173. The second-order valence-electron chi connectivity index (χ2n) is 4.59. The Kier molecular flexibility index (Phi) is 8.54. The largest absolute Gasteiger partial charge is 0.392 e. The van der Waals surface area contributed by atoms with Gasteiger partial charge in [-0.25, -0.2) is 4.39 Å². The number of nitrogens with zero attached hydrogens (tertiary/aromatic N) is 1. The van der Waals surface area contributed by atoms with E-state index in [9.17, 15) is 9.50 Å². The molecule has 1 saturated heterocycles. The molecule has 1 aromatic carbocycles. The molecule has 1 fully saturated rings. The summed E-state index contributed by atoms with van der Waals surface area (Å²) in [7, 11) is 1.90. The highest BCUT2D eigenvalue weighted by Gasteiger charge is 2.22. The van der Waals surface area contributed by atoms with Crippen LogP contribution in [0.5, 0.6) is 0 Å². The molecule has 3 nitrogen and oxygen atoms in total. The fourth-order valence-electron chi connectivity index (χ4n) is 2.29. The van der Waals surface area contributed by atoms with Crippen molar-refractivity contribution in [3.05, 3.63) is 35.6 Å². The van der Waals surface area contributed by atoms with Crippen molar-refractivity contribution in [1.29, 1.82) is 0 Å². The molecule has 2 atom stereocenters. The van der Waals surface area contributed by atoms with Crippen LogP contribution in [0.3, 0.4) is 0 Å². The number of hydrogen-bond acceptors (Lipinski definition) is 3. The Morgan fingerprint density at radius 1 is 1.37 bits per heavy atom. The molecule has 1 aliphatic heterocycles. The van der Waals surface area contributed by atoms with Crippen LogP contribution in [0, 0.1) is 5.82 Å². The first-order valence-electron chi connectivity index (χ1n) is 6.02. The maximum absolute atomic E-state index is 12.8. The molecule has 2 N–H and O–H groups in total. The molecule has 1 heterocycles. The van der Waals surface area contributed by atoms with Crippen LogP contribution >= 0.6 is 24.8 Å². The van der Waals surface area contributed by atoms with Gasteiger partial charge in [-0.15, -0.1) is 24.8 Å². The quantitative estimate of drug-likeness (QED) is 0.893. The zero-order chi connectivity index (χ0) is 12.3. The molecule has 1 unspecified atom stereocenters. The van der Waals surface area contributed by atoms with Crippen molar-refractivity contribution in [2.75, 3.05) is 26.7 Å². The van der Waals surface area contributed by atoms with Crippen LogP contribution in [0.1, 0.15) is 18.0 Å². The Bertz CT molecular complexity index is 364. The molecule has 0 aromatic heterocycles. The number of rotatable bonds is 4. The molecular weight excluding hydrogens is 290 g/mol. The number of benzene rings is 1. The Labute approximate surface area is 126 Å². The van der Waals surface area contributed by atoms with Gasteiger partial charge in [-0.2, -0.15) is 0 Å². The Morgan fingerprint density at radius 3 is 2.47 bits per heavy atom. The van der Waals surface area contributed by atoms with Gasteiger partial charge in [0.25, 0.3) is 0 Å². The summed E-state index contributed by atoms with van der Waals surface area (Å²) in [5, 5.41) is 12.7. The van der Waals surface area contributed by atoms with Gasteiger partial charge in [0.15, 0.2) is 0 Å². The zero-order valence-electron chi connectivity index (χ0n) is 10.9. The van der Waals surface area contributed by atoms with E-state index in [0.29, 0.717) is 0 Å². The number of halogens is 3. The standard InChI is InChI=1S/C13H19FN2O.2ClH/c1-15-13(9-16-7-6-12(17)8-16)10-2-4-11(14)5-3-10;;/h2-5,12-13,15,17H,6-9H2,1H3;2*1H/t12?,13-;;/m1../s1. The van der Waals surface area contributed by atoms with E-state index < -0.39 is 0 Å². The predicted octanol–water partition coefficient (Wildman–Crippen LogP) is 2.00. The number of aliphatic hydroxyl groups excluding tert-OH is 1. The van der Waals surface area contributed by atoms with Crippen molar-refractivity contribution in [2.45, 2.75) is 18.6 Å². The Hall–Kier alpha value is -0.390. The number of likely N-dealkylation sites (N-methyl/N-ethyl adjacent to an activating group) is 1. The van der Waals surface area contributed by atoms with Gasteiger partial charge in [0.2, 0.25) is 0 Å². The first-order valence-corrected chi connectivity index (χ1v) is 6.02. The molecule has 1 aliphatic rings. The van der Waals surface area contributed by atoms with Gasteiger partial charge in [-0.05, 0) is 31.2 Å². The SMILES string of the molecule is CN[C@H](CN1CCC(O)C1)c1ccc(F)cc1.Cl.Cl. The van der Waals surface area contributed by atoms with Gasteiger partial charge in [0, 0.05) is 25.7 Å². The summed E-state index contributed by atoms with van der Waals surface area (Å²) >= 11 is 0. The molecule has 0 saturated carbocycles. The van der Waals surface area contributed by atoms with Gasteiger partial charge in [0.1, 0.15) is 5.82 Å². The third-order valence-corrected chi connectivity index (χ3v) is 3.31. The van der Waals surface area contributed by atoms with Crippen molar-refractivity contribution in [3.8, 4) is 0 Å². The van der Waals surface area contributed by atoms with E-state index in [-0.39, 0.29) is 42.8 Å². The highest BCUT2D eigenvalue weighted by Crippen LogP contribution is 2.17. The summed E-state index contributed by atoms with van der Waals surface area (Å²) in [6.45, 7) is 2.51. The maximum Gasteiger partial charge on any atom is 0.123 e. The first kappa shape index (κ1) is 18.6. The highest BCUT2D eigenvalue weighted by molar-refractivity contribution is 5.85. The van der Waals surface area contributed by atoms with E-state index >= 15 is 0 Å². The molecule has 6 heteroatoms. The summed E-state index contributed by atoms with van der Waals surface area (Å²) in [4.78, 5) is 2.23. The summed E-state index contributed by atoms with van der Waals surface area (Å²) in [6.07, 6.45) is 0.653. The lowest BCUT2D eigenvalue weighted by atomic mass is 10.1. The first-order chi connectivity index (χ1) is 8.19. The fourth-order valence-corrected chi connectivity index (χ4v) is 2.29. The Morgan fingerprint density at radius 2 is 2.00 bits per heavy atom. The molecular formula is C13H21Cl2FN2O. The topological polar surface area (TPSA) is 35.5 Å². The molecule has 0 radical (unpaired) electrons. The monoisotopic (exact) mass is 310 g/mol. The minimum atomic E-state index is -0.208. The minimum Gasteiger partial charge on any atom is -0.392 e. The maximum atomic E-state index is 12.8. The molecule has 1 aromatic rings. The number of aliphatic hydroxyl groups is 1. The molecule has 0 spiro atoms. The van der Waals surface area contributed by atoms with Gasteiger partial charge < -0.3 is 10.4 Å². The fraction of sp³-hybridized carbons (Fsp3) is 0.538. The van der Waals surface area contributed by atoms with Crippen LogP contribution in [0.4, 0.5) is 4.39 Å². The van der Waals surface area contributed by atoms with Crippen molar-refractivity contribution in [1.82, 2.24) is 10.2 Å². The summed E-state index contributed by atoms with van der Waals surface area (Å²) in [5.41, 5.74) is 1.08. The highest BCUT2D eigenvalue weighted by atomic mass is 35.5. The lowest BCUT2D eigenvalue weighted by Crippen LogP contribution is -2.33. The number of β-amino-alcohol motifs (C(OH)–C–C–N with tert-alkyl or cyclic N) is 1. The third-order valence-electron chi connectivity index (χ3n) is 3.31. The molecule has 19 heavy (non-hydrogen) atoms. The van der Waals surface area contributed by atoms with Crippen molar-refractivity contribution in [3.63, 3.8) is 0 Å². The van der Waals surface area contributed by atoms with Crippen LogP contribution in [0.25, 0.3) is 0 Å². The van der Waals surface area contributed by atoms with E-state index in [1.165, 1.54) is 12.1 Å². The van der Waals surface area contributed by atoms with Crippen LogP contribution in [-0.4, -0.2) is 42.8 Å². The summed E-state index contributed by atoms with van der Waals surface area (Å²) in [6, 6.07) is 6.77. The van der Waals surface area contributed by atoms with E-state index in [0.717, 1.165) is 31.6 Å². The van der Waals surface area contributed by atoms with E-state index in [2.05, 4.69) is 10.2 Å². The van der Waals surface area contributed by atoms with Crippen LogP contribution in [-0.2, 0) is 0 Å². The predicted molar refractivity (Wildman–Crippen MR) is 79.8 cm³/mol. The number of nitrogens with one attached hydrogen (secondary N) is 1. The molecule has 110 valence electrons. The number of hydrogen-bond donors (Lipinski definition) is 2. The lowest BCUT2D eigenvalue weighted by Gasteiger charge is -2.23. The zero-order valence-corrected chi connectivity index (χ0v) is 12.5. The van der Waals surface area contributed by atoms with Crippen molar-refractivity contribution < 1.29 is 9.50 Å². The van der Waals surface area contributed by atoms with Crippen LogP contribution < -0.4 is 5.32 Å². The van der Waals surface area contributed by atoms with Crippen molar-refractivity contribution >= 4 is 24.8 Å². The summed E-state index contributed by atoms with van der Waals surface area (Å²) < 4.78 is 12.8. The van der Waals surface area contributed by atoms with Gasteiger partial charge >= 0.3 is 0 Å². The van der Waals surface area contributed by atoms with E-state index in [4.69, 9.17) is 0 Å². The third kappa shape index (κ3) is 5.24. The van der Waals surface area contributed by atoms with Crippen LogP contribution in [0.15, 0.2) is 24.3 Å². The van der Waals surface area contributed by atoms with Gasteiger partial charge in [-0.1, -0.05) is 12.1 Å².